The number of aliphatic hydroxyl groups excluding tert-OH is 1. The van der Waals surface area contributed by atoms with Gasteiger partial charge < -0.3 is 38.6 Å². The molecule has 0 aliphatic carbocycles. The van der Waals surface area contributed by atoms with Crippen LogP contribution in [0.25, 0.3) is 0 Å². The Balaban J connectivity index is 2.55. The molecule has 13 heteroatoms. The van der Waals surface area contributed by atoms with E-state index in [9.17, 15) is 34.2 Å². The van der Waals surface area contributed by atoms with E-state index in [1.54, 1.807) is 0 Å². The van der Waals surface area contributed by atoms with Crippen molar-refractivity contribution in [2.75, 3.05) is 6.61 Å². The van der Waals surface area contributed by atoms with Crippen LogP contribution in [0.4, 0.5) is 0 Å². The minimum Gasteiger partial charge on any atom is -0.478 e. The van der Waals surface area contributed by atoms with Gasteiger partial charge in [-0.2, -0.15) is 0 Å². The van der Waals surface area contributed by atoms with E-state index in [0.717, 1.165) is 27.7 Å². The first kappa shape index (κ1) is 27.5. The smallest absolute Gasteiger partial charge is 0.339 e. The highest BCUT2D eigenvalue weighted by Gasteiger charge is 2.53. The molecular formula is C22H26O13. The van der Waals surface area contributed by atoms with Crippen molar-refractivity contribution < 1.29 is 62.6 Å². The quantitative estimate of drug-likeness (QED) is 0.351. The molecule has 5 atom stereocenters. The highest BCUT2D eigenvalue weighted by Crippen LogP contribution is 2.32. The van der Waals surface area contributed by atoms with Gasteiger partial charge in [0, 0.05) is 27.7 Å². The molecule has 2 rings (SSSR count). The molecular weight excluding hydrogens is 472 g/mol. The Bertz CT molecular complexity index is 972. The largest absolute Gasteiger partial charge is 0.478 e. The Morgan fingerprint density at radius 2 is 1.43 bits per heavy atom. The van der Waals surface area contributed by atoms with E-state index in [1.165, 1.54) is 18.2 Å². The van der Waals surface area contributed by atoms with Crippen LogP contribution in [0.15, 0.2) is 18.2 Å². The summed E-state index contributed by atoms with van der Waals surface area (Å²) >= 11 is 0. The fourth-order valence-electron chi connectivity index (χ4n) is 3.35. The summed E-state index contributed by atoms with van der Waals surface area (Å²) in [4.78, 5) is 58.6. The Kier molecular flexibility index (Phi) is 9.54. The van der Waals surface area contributed by atoms with E-state index in [4.69, 9.17) is 28.4 Å². The summed E-state index contributed by atoms with van der Waals surface area (Å²) in [6.07, 6.45) is -7.21. The zero-order valence-electron chi connectivity index (χ0n) is 19.4. The number of aliphatic hydroxyl groups is 1. The monoisotopic (exact) mass is 498 g/mol. The fraction of sp³-hybridized carbons (Fsp3) is 0.500. The van der Waals surface area contributed by atoms with E-state index in [0.29, 0.717) is 0 Å². The number of aromatic carboxylic acids is 1. The van der Waals surface area contributed by atoms with Crippen molar-refractivity contribution in [2.24, 2.45) is 0 Å². The number of carboxylic acids is 1. The van der Waals surface area contributed by atoms with Crippen molar-refractivity contribution in [3.05, 3.63) is 29.3 Å². The summed E-state index contributed by atoms with van der Waals surface area (Å²) in [5.74, 6) is -4.76. The summed E-state index contributed by atoms with van der Waals surface area (Å²) < 4.78 is 32.3. The highest BCUT2D eigenvalue weighted by atomic mass is 16.7. The number of benzene rings is 1. The molecule has 0 radical (unpaired) electrons. The molecule has 1 aliphatic heterocycles. The van der Waals surface area contributed by atoms with Gasteiger partial charge >= 0.3 is 29.8 Å². The van der Waals surface area contributed by atoms with E-state index >= 15 is 0 Å². The lowest BCUT2D eigenvalue weighted by atomic mass is 9.98. The molecule has 13 nitrogen and oxygen atoms in total. The SMILES string of the molecule is CC(=O)OC[C@H]1OC(Oc2ccc(CO)cc2C(=O)O)[C@H](OC(C)=O)C(OC(C)=O)[C@H]1OC(C)=O. The second-order valence-corrected chi connectivity index (χ2v) is 7.48. The average molecular weight is 498 g/mol. The number of hydrogen-bond acceptors (Lipinski definition) is 12. The third-order valence-electron chi connectivity index (χ3n) is 4.65. The predicted molar refractivity (Wildman–Crippen MR) is 112 cm³/mol. The normalized spacial score (nSPS) is 23.5. The van der Waals surface area contributed by atoms with Crippen molar-refractivity contribution in [3.63, 3.8) is 0 Å². The van der Waals surface area contributed by atoms with E-state index in [2.05, 4.69) is 0 Å². The topological polar surface area (TPSA) is 181 Å². The molecule has 2 N–H and O–H groups in total. The molecule has 0 bridgehead atoms. The zero-order chi connectivity index (χ0) is 26.3. The summed E-state index contributed by atoms with van der Waals surface area (Å²) in [6, 6.07) is 3.82. The van der Waals surface area contributed by atoms with Gasteiger partial charge in [-0.3, -0.25) is 19.2 Å². The molecule has 1 aromatic rings. The van der Waals surface area contributed by atoms with Gasteiger partial charge in [-0.15, -0.1) is 0 Å². The number of carbonyl (C=O) groups excluding carboxylic acids is 4. The van der Waals surface area contributed by atoms with Gasteiger partial charge in [0.25, 0.3) is 0 Å². The number of carboxylic acid groups (broad SMARTS) is 1. The standard InChI is InChI=1S/C22H26O13/c1-10(24)30-9-17-18(31-11(2)25)19(32-12(3)26)20(33-13(4)27)22(35-17)34-16-6-5-14(8-23)7-15(16)21(28)29/h5-7,17-20,22-23H,8-9H2,1-4H3,(H,28,29)/t17-,18+,19?,20-,22?/m1/s1. The summed E-state index contributed by atoms with van der Waals surface area (Å²) in [7, 11) is 0. The molecule has 1 fully saturated rings. The zero-order valence-corrected chi connectivity index (χ0v) is 19.4. The molecule has 1 aliphatic rings. The summed E-state index contributed by atoms with van der Waals surface area (Å²) in [5.41, 5.74) is -0.0549. The molecule has 0 spiro atoms. The molecule has 0 saturated carbocycles. The second kappa shape index (κ2) is 12.1. The van der Waals surface area contributed by atoms with Crippen LogP contribution in [-0.2, 0) is 49.5 Å². The predicted octanol–water partition coefficient (Wildman–Crippen LogP) is 0.339. The molecule has 192 valence electrons. The summed E-state index contributed by atoms with van der Waals surface area (Å²) in [5, 5.41) is 18.9. The van der Waals surface area contributed by atoms with Crippen LogP contribution in [0.2, 0.25) is 0 Å². The number of rotatable bonds is 9. The van der Waals surface area contributed by atoms with Gasteiger partial charge in [-0.25, -0.2) is 4.79 Å². The molecule has 0 amide bonds. The molecule has 1 heterocycles. The van der Waals surface area contributed by atoms with Crippen LogP contribution in [0.3, 0.4) is 0 Å². The van der Waals surface area contributed by atoms with Gasteiger partial charge in [0.2, 0.25) is 12.4 Å². The minimum atomic E-state index is -1.59. The molecule has 35 heavy (non-hydrogen) atoms. The van der Waals surface area contributed by atoms with Crippen molar-refractivity contribution >= 4 is 29.8 Å². The van der Waals surface area contributed by atoms with E-state index in [1.807, 2.05) is 0 Å². The third kappa shape index (κ3) is 7.65. The lowest BCUT2D eigenvalue weighted by Crippen LogP contribution is -2.63. The summed E-state index contributed by atoms with van der Waals surface area (Å²) in [6.45, 7) is 3.45. The highest BCUT2D eigenvalue weighted by molar-refractivity contribution is 5.91. The number of hydrogen-bond donors (Lipinski definition) is 2. The molecule has 1 aromatic carbocycles. The first-order valence-electron chi connectivity index (χ1n) is 10.4. The second-order valence-electron chi connectivity index (χ2n) is 7.48. The van der Waals surface area contributed by atoms with Crippen LogP contribution in [0.5, 0.6) is 5.75 Å². The van der Waals surface area contributed by atoms with Gasteiger partial charge in [0.1, 0.15) is 24.0 Å². The van der Waals surface area contributed by atoms with Crippen LogP contribution in [-0.4, -0.2) is 77.4 Å². The Hall–Kier alpha value is -3.71. The molecule has 0 aromatic heterocycles. The maximum absolute atomic E-state index is 11.9. The first-order chi connectivity index (χ1) is 16.4. The van der Waals surface area contributed by atoms with Gasteiger partial charge in [-0.1, -0.05) is 6.07 Å². The molecule has 1 saturated heterocycles. The maximum atomic E-state index is 11.9. The Labute approximate surface area is 199 Å². The third-order valence-corrected chi connectivity index (χ3v) is 4.65. The van der Waals surface area contributed by atoms with Crippen LogP contribution in [0.1, 0.15) is 43.6 Å². The number of ether oxygens (including phenoxy) is 6. The Morgan fingerprint density at radius 1 is 0.857 bits per heavy atom. The number of carbonyl (C=O) groups is 5. The van der Waals surface area contributed by atoms with Crippen LogP contribution in [0, 0.1) is 0 Å². The van der Waals surface area contributed by atoms with Crippen LogP contribution >= 0.6 is 0 Å². The number of esters is 4. The van der Waals surface area contributed by atoms with Gasteiger partial charge in [0.05, 0.1) is 6.61 Å². The van der Waals surface area contributed by atoms with Gasteiger partial charge in [-0.05, 0) is 17.7 Å². The fourth-order valence-corrected chi connectivity index (χ4v) is 3.35. The first-order valence-corrected chi connectivity index (χ1v) is 10.4. The van der Waals surface area contributed by atoms with Crippen molar-refractivity contribution in [3.8, 4) is 5.75 Å². The van der Waals surface area contributed by atoms with Crippen molar-refractivity contribution in [1.82, 2.24) is 0 Å². The molecule has 2 unspecified atom stereocenters. The maximum Gasteiger partial charge on any atom is 0.339 e. The average Bonchev–Trinajstić information content (AvgIpc) is 2.75. The van der Waals surface area contributed by atoms with Crippen molar-refractivity contribution in [2.45, 2.75) is 65.0 Å². The van der Waals surface area contributed by atoms with Gasteiger partial charge in [0.15, 0.2) is 12.2 Å². The lowest BCUT2D eigenvalue weighted by molar-refractivity contribution is -0.288. The lowest BCUT2D eigenvalue weighted by Gasteiger charge is -2.44. The minimum absolute atomic E-state index is 0.226. The van der Waals surface area contributed by atoms with Crippen molar-refractivity contribution in [1.29, 1.82) is 0 Å². The van der Waals surface area contributed by atoms with E-state index < -0.39 is 73.8 Å². The Morgan fingerprint density at radius 3 is 1.94 bits per heavy atom. The van der Waals surface area contributed by atoms with E-state index in [-0.39, 0.29) is 16.9 Å². The van der Waals surface area contributed by atoms with Crippen LogP contribution < -0.4 is 4.74 Å².